The molecule has 0 unspecified atom stereocenters. The van der Waals surface area contributed by atoms with Crippen LogP contribution in [-0.4, -0.2) is 11.8 Å². The highest BCUT2D eigenvalue weighted by atomic mass is 35.5. The molecule has 0 aromatic heterocycles. The van der Waals surface area contributed by atoms with Gasteiger partial charge in [0.2, 0.25) is 0 Å². The van der Waals surface area contributed by atoms with Gasteiger partial charge in [-0.25, -0.2) is 4.99 Å². The van der Waals surface area contributed by atoms with Crippen LogP contribution >= 0.6 is 11.6 Å². The Morgan fingerprint density at radius 2 is 2.07 bits per heavy atom. The van der Waals surface area contributed by atoms with Gasteiger partial charge < -0.3 is 4.74 Å². The van der Waals surface area contributed by atoms with Crippen molar-refractivity contribution in [1.29, 1.82) is 0 Å². The molecular weight excluding hydrogens is 210 g/mol. The highest BCUT2D eigenvalue weighted by Crippen LogP contribution is 2.33. The van der Waals surface area contributed by atoms with Gasteiger partial charge in [-0.15, -0.1) is 0 Å². The molecule has 0 aliphatic heterocycles. The second-order valence-electron chi connectivity index (χ2n) is 3.64. The Hall–Kier alpha value is -1.02. The minimum absolute atomic E-state index is 0.512. The molecule has 1 saturated carbocycles. The second-order valence-corrected chi connectivity index (χ2v) is 4.02. The Morgan fingerprint density at radius 3 is 2.60 bits per heavy atom. The molecule has 15 heavy (non-hydrogen) atoms. The summed E-state index contributed by atoms with van der Waals surface area (Å²) in [5.41, 5.74) is 0.898. The van der Waals surface area contributed by atoms with E-state index in [0.29, 0.717) is 12.5 Å². The lowest BCUT2D eigenvalue weighted by Gasteiger charge is -2.02. The summed E-state index contributed by atoms with van der Waals surface area (Å²) in [6, 6.07) is 7.68. The number of halogens is 1. The molecule has 1 aliphatic rings. The van der Waals surface area contributed by atoms with E-state index in [0.717, 1.165) is 16.6 Å². The predicted octanol–water partition coefficient (Wildman–Crippen LogP) is 3.76. The molecule has 3 heteroatoms. The minimum Gasteiger partial charge on any atom is -0.494 e. The Labute approximate surface area is 94.9 Å². The molecule has 1 aliphatic carbocycles. The molecule has 2 nitrogen and oxygen atoms in total. The summed E-state index contributed by atoms with van der Waals surface area (Å²) in [7, 11) is 0. The van der Waals surface area contributed by atoms with Crippen LogP contribution in [0.1, 0.15) is 19.8 Å². The minimum atomic E-state index is 0.512. The van der Waals surface area contributed by atoms with E-state index in [-0.39, 0.29) is 0 Å². The summed E-state index contributed by atoms with van der Waals surface area (Å²) in [6.07, 6.45) is 2.36. The smallest absolute Gasteiger partial charge is 0.119 e. The maximum Gasteiger partial charge on any atom is 0.119 e. The molecule has 0 amide bonds. The fourth-order valence-electron chi connectivity index (χ4n) is 1.32. The zero-order valence-electron chi connectivity index (χ0n) is 8.74. The van der Waals surface area contributed by atoms with Crippen molar-refractivity contribution in [3.63, 3.8) is 0 Å². The first-order valence-electron chi connectivity index (χ1n) is 5.26. The van der Waals surface area contributed by atoms with E-state index in [2.05, 4.69) is 4.99 Å². The molecule has 0 bridgehead atoms. The van der Waals surface area contributed by atoms with Gasteiger partial charge in [-0.3, -0.25) is 0 Å². The van der Waals surface area contributed by atoms with Gasteiger partial charge in [0.15, 0.2) is 0 Å². The lowest BCUT2D eigenvalue weighted by atomic mass is 10.3. The topological polar surface area (TPSA) is 21.6 Å². The van der Waals surface area contributed by atoms with Crippen LogP contribution in [0.5, 0.6) is 5.75 Å². The quantitative estimate of drug-likeness (QED) is 0.713. The highest BCUT2D eigenvalue weighted by Gasteiger charge is 2.26. The Balaban J connectivity index is 2.05. The van der Waals surface area contributed by atoms with Crippen molar-refractivity contribution in [1.82, 2.24) is 0 Å². The molecule has 0 N–H and O–H groups in total. The number of aliphatic imine (C=N–C) groups is 1. The number of ether oxygens (including phenoxy) is 1. The molecule has 0 radical (unpaired) electrons. The summed E-state index contributed by atoms with van der Waals surface area (Å²) < 4.78 is 5.34. The predicted molar refractivity (Wildman–Crippen MR) is 63.3 cm³/mol. The van der Waals surface area contributed by atoms with Gasteiger partial charge in [0.1, 0.15) is 10.9 Å². The molecule has 1 aromatic rings. The van der Waals surface area contributed by atoms with Crippen LogP contribution in [0, 0.1) is 5.92 Å². The zero-order valence-corrected chi connectivity index (χ0v) is 9.50. The van der Waals surface area contributed by atoms with Crippen LogP contribution in [0.2, 0.25) is 0 Å². The zero-order chi connectivity index (χ0) is 10.7. The third kappa shape index (κ3) is 2.96. The second kappa shape index (κ2) is 4.67. The number of hydrogen-bond donors (Lipinski definition) is 0. The van der Waals surface area contributed by atoms with Crippen LogP contribution in [-0.2, 0) is 0 Å². The molecule has 0 spiro atoms. The SMILES string of the molecule is CCOc1ccc(N=C(Cl)C2CC2)cc1. The molecule has 0 heterocycles. The van der Waals surface area contributed by atoms with E-state index in [9.17, 15) is 0 Å². The van der Waals surface area contributed by atoms with Crippen LogP contribution in [0.4, 0.5) is 5.69 Å². The fraction of sp³-hybridized carbons (Fsp3) is 0.417. The lowest BCUT2D eigenvalue weighted by molar-refractivity contribution is 0.340. The van der Waals surface area contributed by atoms with Crippen molar-refractivity contribution in [3.05, 3.63) is 24.3 Å². The summed E-state index contributed by atoms with van der Waals surface area (Å²) in [4.78, 5) is 4.35. The van der Waals surface area contributed by atoms with Crippen LogP contribution in [0.3, 0.4) is 0 Å². The van der Waals surface area contributed by atoms with Gasteiger partial charge in [0, 0.05) is 5.92 Å². The number of hydrogen-bond acceptors (Lipinski definition) is 2. The van der Waals surface area contributed by atoms with E-state index in [1.54, 1.807) is 0 Å². The molecule has 0 saturated heterocycles. The van der Waals surface area contributed by atoms with E-state index >= 15 is 0 Å². The summed E-state index contributed by atoms with van der Waals surface area (Å²) in [6.45, 7) is 2.65. The maximum absolute atomic E-state index is 6.03. The fourth-order valence-corrected chi connectivity index (χ4v) is 1.64. The number of benzene rings is 1. The first-order chi connectivity index (χ1) is 7.29. The van der Waals surface area contributed by atoms with Crippen molar-refractivity contribution in [2.45, 2.75) is 19.8 Å². The summed E-state index contributed by atoms with van der Waals surface area (Å²) in [5, 5.41) is 0.735. The van der Waals surface area contributed by atoms with Gasteiger partial charge in [-0.2, -0.15) is 0 Å². The van der Waals surface area contributed by atoms with E-state index in [1.807, 2.05) is 31.2 Å². The van der Waals surface area contributed by atoms with Gasteiger partial charge in [-0.05, 0) is 44.0 Å². The first-order valence-corrected chi connectivity index (χ1v) is 5.64. The standard InChI is InChI=1S/C12H14ClNO/c1-2-15-11-7-5-10(6-8-11)14-12(13)9-3-4-9/h5-9H,2-4H2,1H3. The van der Waals surface area contributed by atoms with Crippen molar-refractivity contribution < 1.29 is 4.74 Å². The monoisotopic (exact) mass is 223 g/mol. The van der Waals surface area contributed by atoms with Crippen LogP contribution < -0.4 is 4.74 Å². The van der Waals surface area contributed by atoms with E-state index in [1.165, 1.54) is 12.8 Å². The van der Waals surface area contributed by atoms with Crippen LogP contribution in [0.25, 0.3) is 0 Å². The lowest BCUT2D eigenvalue weighted by Crippen LogP contribution is -1.90. The third-order valence-electron chi connectivity index (χ3n) is 2.30. The molecule has 1 fully saturated rings. The normalized spacial score (nSPS) is 16.5. The maximum atomic E-state index is 6.03. The van der Waals surface area contributed by atoms with Crippen molar-refractivity contribution in [3.8, 4) is 5.75 Å². The summed E-state index contributed by atoms with van der Waals surface area (Å²) in [5.74, 6) is 1.39. The van der Waals surface area contributed by atoms with Gasteiger partial charge in [0.05, 0.1) is 12.3 Å². The van der Waals surface area contributed by atoms with Crippen molar-refractivity contribution in [2.75, 3.05) is 6.61 Å². The Kier molecular flexibility index (Phi) is 3.27. The Bertz CT molecular complexity index is 354. The molecule has 2 rings (SSSR count). The van der Waals surface area contributed by atoms with Gasteiger partial charge >= 0.3 is 0 Å². The molecule has 0 atom stereocenters. The van der Waals surface area contributed by atoms with Gasteiger partial charge in [0.25, 0.3) is 0 Å². The highest BCUT2D eigenvalue weighted by molar-refractivity contribution is 6.66. The van der Waals surface area contributed by atoms with E-state index < -0.39 is 0 Å². The molecular formula is C12H14ClNO. The summed E-state index contributed by atoms with van der Waals surface area (Å²) >= 11 is 6.03. The number of rotatable bonds is 4. The largest absolute Gasteiger partial charge is 0.494 e. The molecule has 80 valence electrons. The molecule has 1 aromatic carbocycles. The number of nitrogens with zero attached hydrogens (tertiary/aromatic N) is 1. The Morgan fingerprint density at radius 1 is 1.40 bits per heavy atom. The van der Waals surface area contributed by atoms with Crippen molar-refractivity contribution in [2.24, 2.45) is 10.9 Å². The average Bonchev–Trinajstić information content (AvgIpc) is 3.04. The average molecular weight is 224 g/mol. The first kappa shape index (κ1) is 10.5. The van der Waals surface area contributed by atoms with Crippen molar-refractivity contribution >= 4 is 22.5 Å². The van der Waals surface area contributed by atoms with Crippen LogP contribution in [0.15, 0.2) is 29.3 Å². The van der Waals surface area contributed by atoms with Gasteiger partial charge in [-0.1, -0.05) is 11.6 Å². The van der Waals surface area contributed by atoms with E-state index in [4.69, 9.17) is 16.3 Å². The third-order valence-corrected chi connectivity index (χ3v) is 2.69.